The lowest BCUT2D eigenvalue weighted by Gasteiger charge is -2.47. The van der Waals surface area contributed by atoms with Crippen LogP contribution in [0, 0.1) is 5.92 Å². The third-order valence-electron chi connectivity index (χ3n) is 7.35. The van der Waals surface area contributed by atoms with Crippen LogP contribution in [0.1, 0.15) is 74.0 Å². The van der Waals surface area contributed by atoms with Gasteiger partial charge in [0.25, 0.3) is 6.43 Å². The molecule has 0 unspecified atom stereocenters. The summed E-state index contributed by atoms with van der Waals surface area (Å²) in [6.07, 6.45) is 5.89. The Morgan fingerprint density at radius 1 is 1.16 bits per heavy atom. The topological polar surface area (TPSA) is 67.6 Å². The molecule has 2 aromatic rings. The molecule has 5 rings (SSSR count). The predicted octanol–water partition coefficient (Wildman–Crippen LogP) is 4.66. The van der Waals surface area contributed by atoms with Crippen LogP contribution in [0.25, 0.3) is 11.0 Å². The van der Waals surface area contributed by atoms with Gasteiger partial charge in [-0.1, -0.05) is 0 Å². The molecule has 0 spiro atoms. The van der Waals surface area contributed by atoms with E-state index in [1.165, 1.54) is 23.6 Å². The third-order valence-corrected chi connectivity index (χ3v) is 7.35. The maximum atomic E-state index is 14.0. The van der Waals surface area contributed by atoms with Gasteiger partial charge in [0.2, 0.25) is 0 Å². The van der Waals surface area contributed by atoms with Crippen molar-refractivity contribution in [2.24, 2.45) is 5.92 Å². The van der Waals surface area contributed by atoms with Crippen molar-refractivity contribution >= 4 is 17.0 Å². The van der Waals surface area contributed by atoms with Crippen molar-refractivity contribution < 1.29 is 23.4 Å². The van der Waals surface area contributed by atoms with Gasteiger partial charge in [0.1, 0.15) is 11.3 Å². The second kappa shape index (κ2) is 8.13. The van der Waals surface area contributed by atoms with Gasteiger partial charge in [-0.05, 0) is 63.5 Å². The van der Waals surface area contributed by atoms with Gasteiger partial charge in [-0.15, -0.1) is 0 Å². The number of nitrogens with zero attached hydrogens (tertiary/aromatic N) is 3. The van der Waals surface area contributed by atoms with Crippen LogP contribution in [0.4, 0.5) is 8.78 Å². The fourth-order valence-electron chi connectivity index (χ4n) is 5.50. The summed E-state index contributed by atoms with van der Waals surface area (Å²) in [6.45, 7) is 3.94. The summed E-state index contributed by atoms with van der Waals surface area (Å²) in [5, 5.41) is 9.92. The van der Waals surface area contributed by atoms with Gasteiger partial charge in [0, 0.05) is 36.8 Å². The van der Waals surface area contributed by atoms with E-state index in [0.29, 0.717) is 23.9 Å². The Labute approximate surface area is 180 Å². The zero-order chi connectivity index (χ0) is 21.7. The van der Waals surface area contributed by atoms with Crippen molar-refractivity contribution in [3.8, 4) is 0 Å². The minimum absolute atomic E-state index is 0.216. The SMILES string of the molecule is C[C@H](C1CCC(N2CC(OC3CC3)C2)CC1)n1c(C(F)F)c(C(=O)O)c2cccnc21. The summed E-state index contributed by atoms with van der Waals surface area (Å²) in [5.74, 6) is -1.11. The average molecular weight is 433 g/mol. The van der Waals surface area contributed by atoms with Crippen molar-refractivity contribution in [2.75, 3.05) is 13.1 Å². The van der Waals surface area contributed by atoms with Crippen LogP contribution in [-0.2, 0) is 4.74 Å². The standard InChI is InChI=1S/C23H29F2N3O3/c1-13(14-4-6-15(7-5-14)27-11-17(12-27)31-16-8-9-16)28-20(21(24)25)19(23(29)30)18-3-2-10-26-22(18)28/h2-3,10,13-17,21H,4-9,11-12H2,1H3,(H,29,30)/t13-,14?,15?/m1/s1. The number of carboxylic acids is 1. The van der Waals surface area contributed by atoms with E-state index in [4.69, 9.17) is 4.74 Å². The number of hydrogen-bond donors (Lipinski definition) is 1. The molecule has 168 valence electrons. The Hall–Kier alpha value is -2.06. The molecule has 31 heavy (non-hydrogen) atoms. The largest absolute Gasteiger partial charge is 0.478 e. The molecule has 0 bridgehead atoms. The lowest BCUT2D eigenvalue weighted by Crippen LogP contribution is -2.57. The fraction of sp³-hybridized carbons (Fsp3) is 0.652. The number of ether oxygens (including phenoxy) is 1. The third kappa shape index (κ3) is 3.84. The Balaban J connectivity index is 1.31. The van der Waals surface area contributed by atoms with E-state index in [-0.39, 0.29) is 22.9 Å². The smallest absolute Gasteiger partial charge is 0.338 e. The minimum atomic E-state index is -2.87. The highest BCUT2D eigenvalue weighted by molar-refractivity contribution is 6.04. The average Bonchev–Trinajstić information content (AvgIpc) is 3.47. The Morgan fingerprint density at radius 3 is 2.48 bits per heavy atom. The Morgan fingerprint density at radius 2 is 1.87 bits per heavy atom. The first-order chi connectivity index (χ1) is 14.9. The molecular formula is C23H29F2N3O3. The molecular weight excluding hydrogens is 404 g/mol. The van der Waals surface area contributed by atoms with Crippen LogP contribution in [-0.4, -0.2) is 56.9 Å². The van der Waals surface area contributed by atoms with Crippen LogP contribution >= 0.6 is 0 Å². The second-order valence-corrected chi connectivity index (χ2v) is 9.33. The summed E-state index contributed by atoms with van der Waals surface area (Å²) in [5.41, 5.74) is -0.396. The lowest BCUT2D eigenvalue weighted by molar-refractivity contribution is -0.0864. The number of halogens is 2. The zero-order valence-electron chi connectivity index (χ0n) is 17.7. The Kier molecular flexibility index (Phi) is 5.46. The van der Waals surface area contributed by atoms with Gasteiger partial charge in [-0.2, -0.15) is 0 Å². The summed E-state index contributed by atoms with van der Waals surface area (Å²) in [6, 6.07) is 3.46. The molecule has 3 aliphatic rings. The van der Waals surface area contributed by atoms with Crippen LogP contribution in [0.15, 0.2) is 18.3 Å². The number of alkyl halides is 2. The van der Waals surface area contributed by atoms with E-state index in [1.54, 1.807) is 12.1 Å². The van der Waals surface area contributed by atoms with Crippen molar-refractivity contribution in [3.63, 3.8) is 0 Å². The number of hydrogen-bond acceptors (Lipinski definition) is 4. The molecule has 2 saturated carbocycles. The molecule has 2 aromatic heterocycles. The molecule has 1 aliphatic heterocycles. The number of fused-ring (bicyclic) bond motifs is 1. The number of likely N-dealkylation sites (tertiary alicyclic amines) is 1. The molecule has 3 fully saturated rings. The van der Waals surface area contributed by atoms with E-state index in [2.05, 4.69) is 9.88 Å². The summed E-state index contributed by atoms with van der Waals surface area (Å²) in [4.78, 5) is 18.6. The molecule has 0 amide bonds. The van der Waals surface area contributed by atoms with Gasteiger partial charge in [-0.3, -0.25) is 4.90 Å². The summed E-state index contributed by atoms with van der Waals surface area (Å²) >= 11 is 0. The highest BCUT2D eigenvalue weighted by atomic mass is 19.3. The molecule has 2 aliphatic carbocycles. The van der Waals surface area contributed by atoms with Crippen molar-refractivity contribution in [2.45, 2.75) is 76.2 Å². The van der Waals surface area contributed by atoms with Crippen LogP contribution in [0.3, 0.4) is 0 Å². The predicted molar refractivity (Wildman–Crippen MR) is 112 cm³/mol. The van der Waals surface area contributed by atoms with E-state index >= 15 is 0 Å². The molecule has 8 heteroatoms. The minimum Gasteiger partial charge on any atom is -0.478 e. The number of carboxylic acid groups (broad SMARTS) is 1. The lowest BCUT2D eigenvalue weighted by atomic mass is 9.80. The molecule has 1 saturated heterocycles. The number of pyridine rings is 1. The van der Waals surface area contributed by atoms with Gasteiger partial charge >= 0.3 is 5.97 Å². The second-order valence-electron chi connectivity index (χ2n) is 9.33. The van der Waals surface area contributed by atoms with Gasteiger partial charge in [0.15, 0.2) is 0 Å². The number of aromatic nitrogens is 2. The fourth-order valence-corrected chi connectivity index (χ4v) is 5.50. The van der Waals surface area contributed by atoms with E-state index in [9.17, 15) is 18.7 Å². The Bertz CT molecular complexity index is 960. The van der Waals surface area contributed by atoms with Gasteiger partial charge < -0.3 is 14.4 Å². The van der Waals surface area contributed by atoms with E-state index in [0.717, 1.165) is 38.8 Å². The molecule has 6 nitrogen and oxygen atoms in total. The van der Waals surface area contributed by atoms with Gasteiger partial charge in [-0.25, -0.2) is 18.6 Å². The van der Waals surface area contributed by atoms with Crippen molar-refractivity contribution in [1.29, 1.82) is 0 Å². The van der Waals surface area contributed by atoms with Crippen molar-refractivity contribution in [1.82, 2.24) is 14.5 Å². The molecule has 0 aromatic carbocycles. The molecule has 0 radical (unpaired) electrons. The zero-order valence-corrected chi connectivity index (χ0v) is 17.7. The highest BCUT2D eigenvalue weighted by Gasteiger charge is 2.39. The molecule has 1 N–H and O–H groups in total. The van der Waals surface area contributed by atoms with E-state index < -0.39 is 18.1 Å². The first kappa shape index (κ1) is 20.8. The quantitative estimate of drug-likeness (QED) is 0.688. The number of aromatic carboxylic acids is 1. The summed E-state index contributed by atoms with van der Waals surface area (Å²) in [7, 11) is 0. The molecule has 3 heterocycles. The van der Waals surface area contributed by atoms with Crippen LogP contribution in [0.5, 0.6) is 0 Å². The van der Waals surface area contributed by atoms with Crippen LogP contribution in [0.2, 0.25) is 0 Å². The first-order valence-corrected chi connectivity index (χ1v) is 11.3. The van der Waals surface area contributed by atoms with Crippen LogP contribution < -0.4 is 0 Å². The van der Waals surface area contributed by atoms with E-state index in [1.807, 2.05) is 6.92 Å². The summed E-state index contributed by atoms with van der Waals surface area (Å²) < 4.78 is 35.5. The maximum Gasteiger partial charge on any atom is 0.338 e. The molecule has 1 atom stereocenters. The highest BCUT2D eigenvalue weighted by Crippen LogP contribution is 2.41. The van der Waals surface area contributed by atoms with Gasteiger partial charge in [0.05, 0.1) is 17.8 Å². The number of carbonyl (C=O) groups is 1. The van der Waals surface area contributed by atoms with Crippen molar-refractivity contribution in [3.05, 3.63) is 29.6 Å². The first-order valence-electron chi connectivity index (χ1n) is 11.3. The maximum absolute atomic E-state index is 14.0. The number of rotatable bonds is 7. The normalized spacial score (nSPS) is 26.3. The monoisotopic (exact) mass is 433 g/mol.